The maximum atomic E-state index is 12.6. The van der Waals surface area contributed by atoms with Crippen LogP contribution in [0.2, 0.25) is 10.0 Å². The number of anilines is 1. The molecule has 0 spiro atoms. The first-order chi connectivity index (χ1) is 17.3. The van der Waals surface area contributed by atoms with Crippen LogP contribution in [0, 0.1) is 0 Å². The summed E-state index contributed by atoms with van der Waals surface area (Å²) in [4.78, 5) is 29.8. The fraction of sp³-hybridized carbons (Fsp3) is 0.407. The van der Waals surface area contributed by atoms with Crippen molar-refractivity contribution in [1.82, 2.24) is 9.47 Å². The summed E-state index contributed by atoms with van der Waals surface area (Å²) in [6.07, 6.45) is 2.12. The largest absolute Gasteiger partial charge is 0.494 e. The van der Waals surface area contributed by atoms with Crippen LogP contribution >= 0.6 is 35.8 Å². The quantitative estimate of drug-likeness (QED) is 0.277. The van der Waals surface area contributed by atoms with Crippen molar-refractivity contribution >= 4 is 58.3 Å². The fourth-order valence-electron chi connectivity index (χ4n) is 4.48. The molecule has 1 atom stereocenters. The molecule has 4 rings (SSSR count). The maximum absolute atomic E-state index is 12.6. The molecular formula is C27H31Cl2N3O3S. The normalized spacial score (nSPS) is 15.3. The van der Waals surface area contributed by atoms with Gasteiger partial charge in [-0.05, 0) is 55.1 Å². The van der Waals surface area contributed by atoms with Gasteiger partial charge in [0.05, 0.1) is 27.9 Å². The summed E-state index contributed by atoms with van der Waals surface area (Å²) >= 11 is 16.8. The Morgan fingerprint density at radius 3 is 2.56 bits per heavy atom. The van der Waals surface area contributed by atoms with Gasteiger partial charge in [-0.25, -0.2) is 4.57 Å². The Labute approximate surface area is 227 Å². The lowest BCUT2D eigenvalue weighted by Gasteiger charge is -2.36. The van der Waals surface area contributed by atoms with Gasteiger partial charge in [-0.2, -0.15) is 12.6 Å². The number of unbranched alkanes of at least 4 members (excludes halogenated alkanes) is 1. The molecule has 6 nitrogen and oxygen atoms in total. The third-order valence-electron chi connectivity index (χ3n) is 6.37. The van der Waals surface area contributed by atoms with Gasteiger partial charge in [0.15, 0.2) is 0 Å². The molecule has 0 N–H and O–H groups in total. The number of pyridine rings is 1. The van der Waals surface area contributed by atoms with E-state index in [1.165, 1.54) is 10.6 Å². The highest BCUT2D eigenvalue weighted by molar-refractivity contribution is 7.80. The minimum absolute atomic E-state index is 0.128. The summed E-state index contributed by atoms with van der Waals surface area (Å²) in [5.74, 6) is 0.392. The molecule has 1 aliphatic rings. The Morgan fingerprint density at radius 2 is 1.81 bits per heavy atom. The smallest absolute Gasteiger partial charge is 0.257 e. The summed E-state index contributed by atoms with van der Waals surface area (Å²) in [5.41, 5.74) is 1.23. The zero-order chi connectivity index (χ0) is 25.7. The minimum atomic E-state index is -0.337. The van der Waals surface area contributed by atoms with Crippen LogP contribution in [-0.4, -0.2) is 60.0 Å². The third kappa shape index (κ3) is 6.57. The number of carbonyl (C=O) groups excluding carboxylic acids is 1. The number of nitrogens with zero attached hydrogens (tertiary/aromatic N) is 3. The SMILES string of the molecule is CC(S)CC(=O)n1c(=O)ccc2ccc(OCCCCN3CCN(c4cccc(Cl)c4Cl)CC3)cc21. The van der Waals surface area contributed by atoms with E-state index in [0.29, 0.717) is 27.9 Å². The van der Waals surface area contributed by atoms with Crippen LogP contribution in [0.1, 0.15) is 31.0 Å². The summed E-state index contributed by atoms with van der Waals surface area (Å²) in [6.45, 7) is 7.20. The Bertz CT molecular complexity index is 1270. The number of thiol groups is 1. The lowest BCUT2D eigenvalue weighted by Crippen LogP contribution is -2.46. The standard InChI is InChI=1S/C27H31Cl2N3O3S/c1-19(36)17-26(34)32-24-18-21(9-7-20(24)8-10-25(32)33)35-16-3-2-11-30-12-14-31(15-13-30)23-6-4-5-22(28)27(23)29/h4-10,18-19,36H,2-3,11-17H2,1H3. The molecule has 3 aromatic rings. The van der Waals surface area contributed by atoms with Gasteiger partial charge >= 0.3 is 0 Å². The Kier molecular flexibility index (Phi) is 9.23. The van der Waals surface area contributed by atoms with Crippen molar-refractivity contribution in [3.05, 3.63) is 68.9 Å². The molecular weight excluding hydrogens is 517 g/mol. The molecule has 2 aromatic carbocycles. The van der Waals surface area contributed by atoms with Crippen molar-refractivity contribution in [3.8, 4) is 5.75 Å². The number of ether oxygens (including phenoxy) is 1. The fourth-order valence-corrected chi connectivity index (χ4v) is 5.05. The molecule has 1 unspecified atom stereocenters. The third-order valence-corrected chi connectivity index (χ3v) is 7.36. The van der Waals surface area contributed by atoms with E-state index in [-0.39, 0.29) is 23.1 Å². The number of piperazine rings is 1. The first-order valence-electron chi connectivity index (χ1n) is 12.2. The molecule has 1 saturated heterocycles. The molecule has 0 saturated carbocycles. The van der Waals surface area contributed by atoms with E-state index >= 15 is 0 Å². The van der Waals surface area contributed by atoms with Crippen molar-refractivity contribution in [2.24, 2.45) is 0 Å². The average Bonchev–Trinajstić information content (AvgIpc) is 2.85. The molecule has 0 aliphatic carbocycles. The molecule has 2 heterocycles. The van der Waals surface area contributed by atoms with E-state index in [2.05, 4.69) is 22.4 Å². The first kappa shape index (κ1) is 26.9. The first-order valence-corrected chi connectivity index (χ1v) is 13.5. The van der Waals surface area contributed by atoms with Crippen LogP contribution in [0.15, 0.2) is 53.3 Å². The van der Waals surface area contributed by atoms with E-state index in [0.717, 1.165) is 56.6 Å². The highest BCUT2D eigenvalue weighted by atomic mass is 35.5. The second-order valence-electron chi connectivity index (χ2n) is 9.13. The van der Waals surface area contributed by atoms with Crippen molar-refractivity contribution < 1.29 is 9.53 Å². The highest BCUT2D eigenvalue weighted by Crippen LogP contribution is 2.32. The van der Waals surface area contributed by atoms with Gasteiger partial charge in [-0.15, -0.1) is 0 Å². The van der Waals surface area contributed by atoms with Crippen LogP contribution in [0.4, 0.5) is 5.69 Å². The maximum Gasteiger partial charge on any atom is 0.257 e. The monoisotopic (exact) mass is 547 g/mol. The molecule has 36 heavy (non-hydrogen) atoms. The Balaban J connectivity index is 1.26. The molecule has 192 valence electrons. The topological polar surface area (TPSA) is 54.8 Å². The second kappa shape index (κ2) is 12.4. The van der Waals surface area contributed by atoms with Crippen LogP contribution in [-0.2, 0) is 0 Å². The van der Waals surface area contributed by atoms with E-state index in [1.807, 2.05) is 37.3 Å². The summed E-state index contributed by atoms with van der Waals surface area (Å²) in [6, 6.07) is 14.5. The van der Waals surface area contributed by atoms with Gasteiger partial charge < -0.3 is 9.64 Å². The number of carbonyl (C=O) groups is 1. The highest BCUT2D eigenvalue weighted by Gasteiger charge is 2.19. The zero-order valence-electron chi connectivity index (χ0n) is 20.3. The lowest BCUT2D eigenvalue weighted by molar-refractivity contribution is 0.0905. The second-order valence-corrected chi connectivity index (χ2v) is 10.8. The van der Waals surface area contributed by atoms with Gasteiger partial charge in [0.2, 0.25) is 5.91 Å². The van der Waals surface area contributed by atoms with Gasteiger partial charge in [0.1, 0.15) is 5.75 Å². The van der Waals surface area contributed by atoms with Crippen LogP contribution in [0.3, 0.4) is 0 Å². The number of rotatable bonds is 9. The molecule has 0 bridgehead atoms. The lowest BCUT2D eigenvalue weighted by atomic mass is 10.2. The Hall–Kier alpha value is -2.19. The van der Waals surface area contributed by atoms with Crippen molar-refractivity contribution in [2.45, 2.75) is 31.4 Å². The molecule has 0 radical (unpaired) electrons. The predicted octanol–water partition coefficient (Wildman–Crippen LogP) is 5.64. The zero-order valence-corrected chi connectivity index (χ0v) is 22.7. The number of aromatic nitrogens is 1. The molecule has 1 aliphatic heterocycles. The van der Waals surface area contributed by atoms with Crippen molar-refractivity contribution in [2.75, 3.05) is 44.2 Å². The van der Waals surface area contributed by atoms with Gasteiger partial charge in [0, 0.05) is 50.0 Å². The van der Waals surface area contributed by atoms with Crippen molar-refractivity contribution in [3.63, 3.8) is 0 Å². The van der Waals surface area contributed by atoms with Gasteiger partial charge in [-0.3, -0.25) is 14.5 Å². The molecule has 9 heteroatoms. The van der Waals surface area contributed by atoms with E-state index in [9.17, 15) is 9.59 Å². The number of hydrogen-bond donors (Lipinski definition) is 1. The van der Waals surface area contributed by atoms with Crippen LogP contribution < -0.4 is 15.2 Å². The minimum Gasteiger partial charge on any atom is -0.494 e. The summed E-state index contributed by atoms with van der Waals surface area (Å²) in [5, 5.41) is 1.90. The van der Waals surface area contributed by atoms with Gasteiger partial charge in [-0.1, -0.05) is 36.2 Å². The molecule has 1 aromatic heterocycles. The number of halogens is 2. The summed E-state index contributed by atoms with van der Waals surface area (Å²) < 4.78 is 7.19. The Morgan fingerprint density at radius 1 is 1.06 bits per heavy atom. The number of hydrogen-bond acceptors (Lipinski definition) is 6. The predicted molar refractivity (Wildman–Crippen MR) is 152 cm³/mol. The van der Waals surface area contributed by atoms with Crippen LogP contribution in [0.25, 0.3) is 10.9 Å². The van der Waals surface area contributed by atoms with E-state index in [4.69, 9.17) is 27.9 Å². The van der Waals surface area contributed by atoms with E-state index in [1.54, 1.807) is 12.1 Å². The van der Waals surface area contributed by atoms with Crippen molar-refractivity contribution in [1.29, 1.82) is 0 Å². The molecule has 1 fully saturated rings. The average molecular weight is 549 g/mol. The number of fused-ring (bicyclic) bond motifs is 1. The van der Waals surface area contributed by atoms with E-state index < -0.39 is 0 Å². The summed E-state index contributed by atoms with van der Waals surface area (Å²) in [7, 11) is 0. The molecule has 0 amide bonds. The van der Waals surface area contributed by atoms with Crippen LogP contribution in [0.5, 0.6) is 5.75 Å². The van der Waals surface area contributed by atoms with Gasteiger partial charge in [0.25, 0.3) is 5.56 Å². The number of benzene rings is 2.